The van der Waals surface area contributed by atoms with E-state index in [-0.39, 0.29) is 5.91 Å². The lowest BCUT2D eigenvalue weighted by Crippen LogP contribution is -2.49. The summed E-state index contributed by atoms with van der Waals surface area (Å²) in [4.78, 5) is 16.4. The van der Waals surface area contributed by atoms with Crippen molar-refractivity contribution in [1.82, 2.24) is 14.9 Å². The Hall–Kier alpha value is -2.14. The highest BCUT2D eigenvalue weighted by Gasteiger charge is 2.29. The largest absolute Gasteiger partial charge is 0.352 e. The number of imidazole rings is 1. The molecule has 1 atom stereocenters. The number of hydrogen-bond donors (Lipinski definition) is 2. The number of nitrogens with one attached hydrogen (secondary N) is 1. The van der Waals surface area contributed by atoms with Gasteiger partial charge < -0.3 is 15.6 Å². The summed E-state index contributed by atoms with van der Waals surface area (Å²) in [6.07, 6.45) is 3.63. The number of nitrogens with two attached hydrogens (primary N) is 1. The molecule has 0 spiro atoms. The van der Waals surface area contributed by atoms with E-state index in [1.54, 1.807) is 13.1 Å². The zero-order valence-corrected chi connectivity index (χ0v) is 11.8. The van der Waals surface area contributed by atoms with Crippen LogP contribution in [0.25, 0.3) is 0 Å². The van der Waals surface area contributed by atoms with Gasteiger partial charge in [0.25, 0.3) is 0 Å². The van der Waals surface area contributed by atoms with Crippen molar-refractivity contribution in [2.45, 2.75) is 25.9 Å². The smallest absolute Gasteiger partial charge is 0.244 e. The molecule has 0 saturated heterocycles. The van der Waals surface area contributed by atoms with Crippen molar-refractivity contribution in [1.29, 1.82) is 0 Å². The number of rotatable bonds is 5. The van der Waals surface area contributed by atoms with Crippen LogP contribution in [0.15, 0.2) is 42.7 Å². The van der Waals surface area contributed by atoms with Crippen LogP contribution >= 0.6 is 0 Å². The third kappa shape index (κ3) is 3.05. The molecule has 5 nitrogen and oxygen atoms in total. The van der Waals surface area contributed by atoms with E-state index in [4.69, 9.17) is 5.73 Å². The molecule has 2 rings (SSSR count). The molecule has 3 N–H and O–H groups in total. The Balaban J connectivity index is 1.93. The molecule has 1 aromatic carbocycles. The number of amides is 1. The summed E-state index contributed by atoms with van der Waals surface area (Å²) in [6.45, 7) is 4.86. The number of aromatic nitrogens is 2. The predicted molar refractivity (Wildman–Crippen MR) is 78.0 cm³/mol. The second-order valence-electron chi connectivity index (χ2n) is 4.99. The molecule has 0 aliphatic carbocycles. The molecule has 0 bridgehead atoms. The van der Waals surface area contributed by atoms with Crippen molar-refractivity contribution in [3.05, 3.63) is 54.1 Å². The van der Waals surface area contributed by atoms with Crippen LogP contribution in [0, 0.1) is 6.92 Å². The SMILES string of the molecule is Cc1nccn1CCNC(=O)C(C)(N)c1ccccc1. The number of aryl methyl sites for hydroxylation is 1. The minimum Gasteiger partial charge on any atom is -0.352 e. The Morgan fingerprint density at radius 1 is 1.40 bits per heavy atom. The number of benzene rings is 1. The zero-order chi connectivity index (χ0) is 14.6. The molecule has 1 heterocycles. The van der Waals surface area contributed by atoms with Crippen molar-refractivity contribution in [3.8, 4) is 0 Å². The summed E-state index contributed by atoms with van der Waals surface area (Å²) in [5.41, 5.74) is 5.92. The molecule has 0 aliphatic heterocycles. The first kappa shape index (κ1) is 14.3. The predicted octanol–water partition coefficient (Wildman–Crippen LogP) is 1.18. The molecule has 0 fully saturated rings. The van der Waals surface area contributed by atoms with Gasteiger partial charge in [0, 0.05) is 25.5 Å². The van der Waals surface area contributed by atoms with Crippen LogP contribution in [0.2, 0.25) is 0 Å². The molecule has 2 aromatic rings. The fourth-order valence-corrected chi connectivity index (χ4v) is 2.03. The van der Waals surface area contributed by atoms with Crippen molar-refractivity contribution in [3.63, 3.8) is 0 Å². The van der Waals surface area contributed by atoms with Crippen LogP contribution in [0.1, 0.15) is 18.3 Å². The van der Waals surface area contributed by atoms with Crippen molar-refractivity contribution in [2.75, 3.05) is 6.54 Å². The van der Waals surface area contributed by atoms with Gasteiger partial charge in [0.15, 0.2) is 0 Å². The van der Waals surface area contributed by atoms with Gasteiger partial charge in [-0.3, -0.25) is 4.79 Å². The molecule has 1 unspecified atom stereocenters. The fourth-order valence-electron chi connectivity index (χ4n) is 2.03. The van der Waals surface area contributed by atoms with Crippen molar-refractivity contribution in [2.24, 2.45) is 5.73 Å². The lowest BCUT2D eigenvalue weighted by Gasteiger charge is -2.24. The van der Waals surface area contributed by atoms with Crippen molar-refractivity contribution < 1.29 is 4.79 Å². The van der Waals surface area contributed by atoms with Crippen LogP contribution in [-0.4, -0.2) is 22.0 Å². The average molecular weight is 272 g/mol. The molecule has 0 radical (unpaired) electrons. The summed E-state index contributed by atoms with van der Waals surface area (Å²) in [5, 5.41) is 2.87. The summed E-state index contributed by atoms with van der Waals surface area (Å²) in [6, 6.07) is 9.38. The number of carbonyl (C=O) groups excluding carboxylic acids is 1. The third-order valence-corrected chi connectivity index (χ3v) is 3.41. The van der Waals surface area contributed by atoms with Gasteiger partial charge >= 0.3 is 0 Å². The van der Waals surface area contributed by atoms with E-state index in [0.717, 1.165) is 11.4 Å². The average Bonchev–Trinajstić information content (AvgIpc) is 2.85. The maximum absolute atomic E-state index is 12.2. The lowest BCUT2D eigenvalue weighted by molar-refractivity contribution is -0.126. The Morgan fingerprint density at radius 2 is 2.10 bits per heavy atom. The molecule has 106 valence electrons. The maximum Gasteiger partial charge on any atom is 0.244 e. The molecular weight excluding hydrogens is 252 g/mol. The maximum atomic E-state index is 12.2. The van der Waals surface area contributed by atoms with E-state index in [1.165, 1.54) is 0 Å². The minimum atomic E-state index is -1.02. The Bertz CT molecular complexity index is 575. The van der Waals surface area contributed by atoms with E-state index >= 15 is 0 Å². The quantitative estimate of drug-likeness (QED) is 0.858. The monoisotopic (exact) mass is 272 g/mol. The van der Waals surface area contributed by atoms with Crippen LogP contribution in [0.4, 0.5) is 0 Å². The van der Waals surface area contributed by atoms with Gasteiger partial charge in [-0.05, 0) is 19.4 Å². The molecule has 0 aliphatic rings. The highest BCUT2D eigenvalue weighted by molar-refractivity contribution is 5.86. The summed E-state index contributed by atoms with van der Waals surface area (Å²) in [5.74, 6) is 0.749. The van der Waals surface area contributed by atoms with Crippen molar-refractivity contribution >= 4 is 5.91 Å². The topological polar surface area (TPSA) is 72.9 Å². The van der Waals surface area contributed by atoms with Crippen LogP contribution in [0.3, 0.4) is 0 Å². The van der Waals surface area contributed by atoms with E-state index in [1.807, 2.05) is 48.0 Å². The normalized spacial score (nSPS) is 13.8. The van der Waals surface area contributed by atoms with Gasteiger partial charge in [-0.2, -0.15) is 0 Å². The first-order chi connectivity index (χ1) is 9.51. The van der Waals surface area contributed by atoms with Crippen LogP contribution in [0.5, 0.6) is 0 Å². The lowest BCUT2D eigenvalue weighted by atomic mass is 9.92. The van der Waals surface area contributed by atoms with Gasteiger partial charge in [-0.15, -0.1) is 0 Å². The van der Waals surface area contributed by atoms with E-state index in [9.17, 15) is 4.79 Å². The standard InChI is InChI=1S/C15H20N4O/c1-12-17-8-10-19(12)11-9-18-14(20)15(2,16)13-6-4-3-5-7-13/h3-8,10H,9,11,16H2,1-2H3,(H,18,20). The van der Waals surface area contributed by atoms with Gasteiger partial charge in [-0.1, -0.05) is 30.3 Å². The summed E-state index contributed by atoms with van der Waals surface area (Å²) < 4.78 is 1.98. The third-order valence-electron chi connectivity index (χ3n) is 3.41. The number of hydrogen-bond acceptors (Lipinski definition) is 3. The molecule has 20 heavy (non-hydrogen) atoms. The second-order valence-corrected chi connectivity index (χ2v) is 4.99. The highest BCUT2D eigenvalue weighted by Crippen LogP contribution is 2.17. The van der Waals surface area contributed by atoms with Crippen LogP contribution < -0.4 is 11.1 Å². The molecule has 5 heteroatoms. The first-order valence-electron chi connectivity index (χ1n) is 6.62. The second kappa shape index (κ2) is 5.88. The highest BCUT2D eigenvalue weighted by atomic mass is 16.2. The van der Waals surface area contributed by atoms with Gasteiger partial charge in [-0.25, -0.2) is 4.98 Å². The van der Waals surface area contributed by atoms with Crippen LogP contribution in [-0.2, 0) is 16.9 Å². The zero-order valence-electron chi connectivity index (χ0n) is 11.8. The van der Waals surface area contributed by atoms with Gasteiger partial charge in [0.2, 0.25) is 5.91 Å². The van der Waals surface area contributed by atoms with Gasteiger partial charge in [0.05, 0.1) is 0 Å². The Morgan fingerprint density at radius 3 is 2.70 bits per heavy atom. The summed E-state index contributed by atoms with van der Waals surface area (Å²) >= 11 is 0. The molecule has 0 saturated carbocycles. The minimum absolute atomic E-state index is 0.179. The van der Waals surface area contributed by atoms with E-state index in [2.05, 4.69) is 10.3 Å². The molecule has 1 amide bonds. The van der Waals surface area contributed by atoms with E-state index in [0.29, 0.717) is 13.1 Å². The molecule has 1 aromatic heterocycles. The van der Waals surface area contributed by atoms with Gasteiger partial charge in [0.1, 0.15) is 11.4 Å². The summed E-state index contributed by atoms with van der Waals surface area (Å²) in [7, 11) is 0. The Labute approximate surface area is 118 Å². The fraction of sp³-hybridized carbons (Fsp3) is 0.333. The first-order valence-corrected chi connectivity index (χ1v) is 6.62. The number of carbonyl (C=O) groups is 1. The Kier molecular flexibility index (Phi) is 4.20. The van der Waals surface area contributed by atoms with E-state index < -0.39 is 5.54 Å². The molecular formula is C15H20N4O. The number of nitrogens with zero attached hydrogens (tertiary/aromatic N) is 2.